The summed E-state index contributed by atoms with van der Waals surface area (Å²) >= 11 is 0. The number of ether oxygens (including phenoxy) is 1. The standard InChI is InChI=1S/C23H21N3O2/c1-15-11-12-18(14-21(15)24)22-25-23(28-26-22)16(2)17-7-6-10-20(13-17)27-19-8-4-3-5-9-19/h3-14,16H,24H2,1-2H3. The minimum absolute atomic E-state index is 0.0663. The normalized spacial score (nSPS) is 11.9. The number of rotatable bonds is 5. The van der Waals surface area contributed by atoms with Crippen molar-refractivity contribution in [2.75, 3.05) is 5.73 Å². The number of hydrogen-bond acceptors (Lipinski definition) is 5. The van der Waals surface area contributed by atoms with E-state index in [1.54, 1.807) is 0 Å². The van der Waals surface area contributed by atoms with Crippen molar-refractivity contribution >= 4 is 5.69 Å². The van der Waals surface area contributed by atoms with Crippen molar-refractivity contribution in [1.29, 1.82) is 0 Å². The van der Waals surface area contributed by atoms with Gasteiger partial charge in [-0.15, -0.1) is 0 Å². The summed E-state index contributed by atoms with van der Waals surface area (Å²) in [4.78, 5) is 4.57. The molecule has 1 heterocycles. The van der Waals surface area contributed by atoms with Crippen molar-refractivity contribution < 1.29 is 9.26 Å². The van der Waals surface area contributed by atoms with Crippen molar-refractivity contribution in [2.24, 2.45) is 0 Å². The van der Waals surface area contributed by atoms with Gasteiger partial charge < -0.3 is 15.0 Å². The quantitative estimate of drug-likeness (QED) is 0.464. The van der Waals surface area contributed by atoms with E-state index in [-0.39, 0.29) is 5.92 Å². The summed E-state index contributed by atoms with van der Waals surface area (Å²) in [6.45, 7) is 4.00. The van der Waals surface area contributed by atoms with Crippen LogP contribution >= 0.6 is 0 Å². The first-order valence-electron chi connectivity index (χ1n) is 9.13. The number of anilines is 1. The van der Waals surface area contributed by atoms with E-state index in [4.69, 9.17) is 15.0 Å². The Balaban J connectivity index is 1.56. The maximum Gasteiger partial charge on any atom is 0.234 e. The van der Waals surface area contributed by atoms with Gasteiger partial charge in [0.15, 0.2) is 0 Å². The van der Waals surface area contributed by atoms with Gasteiger partial charge >= 0.3 is 0 Å². The number of hydrogen-bond donors (Lipinski definition) is 1. The van der Waals surface area contributed by atoms with Gasteiger partial charge in [-0.25, -0.2) is 0 Å². The summed E-state index contributed by atoms with van der Waals surface area (Å²) in [6.07, 6.45) is 0. The second kappa shape index (κ2) is 7.56. The van der Waals surface area contributed by atoms with Crippen molar-refractivity contribution in [3.05, 3.63) is 89.8 Å². The summed E-state index contributed by atoms with van der Waals surface area (Å²) in [5.41, 5.74) is 9.60. The zero-order valence-corrected chi connectivity index (χ0v) is 15.8. The van der Waals surface area contributed by atoms with Crippen LogP contribution in [0.4, 0.5) is 5.69 Å². The molecule has 140 valence electrons. The van der Waals surface area contributed by atoms with E-state index in [0.29, 0.717) is 17.4 Å². The third-order valence-electron chi connectivity index (χ3n) is 4.69. The van der Waals surface area contributed by atoms with Gasteiger partial charge in [0.2, 0.25) is 11.7 Å². The molecule has 5 nitrogen and oxygen atoms in total. The lowest BCUT2D eigenvalue weighted by Gasteiger charge is -2.10. The van der Waals surface area contributed by atoms with Gasteiger partial charge in [-0.2, -0.15) is 4.98 Å². The maximum absolute atomic E-state index is 6.00. The molecule has 1 unspecified atom stereocenters. The van der Waals surface area contributed by atoms with Crippen LogP contribution in [0, 0.1) is 6.92 Å². The zero-order valence-electron chi connectivity index (χ0n) is 15.8. The van der Waals surface area contributed by atoms with E-state index in [1.807, 2.05) is 86.6 Å². The monoisotopic (exact) mass is 371 g/mol. The largest absolute Gasteiger partial charge is 0.457 e. The van der Waals surface area contributed by atoms with Crippen molar-refractivity contribution in [3.63, 3.8) is 0 Å². The molecule has 0 spiro atoms. The maximum atomic E-state index is 6.00. The minimum atomic E-state index is -0.0663. The first kappa shape index (κ1) is 17.8. The zero-order chi connectivity index (χ0) is 19.5. The molecule has 0 aliphatic carbocycles. The van der Waals surface area contributed by atoms with E-state index in [2.05, 4.69) is 10.1 Å². The molecule has 0 amide bonds. The molecular formula is C23H21N3O2. The molecule has 2 N–H and O–H groups in total. The van der Waals surface area contributed by atoms with Gasteiger partial charge in [-0.3, -0.25) is 0 Å². The van der Waals surface area contributed by atoms with Crippen LogP contribution in [0.25, 0.3) is 11.4 Å². The highest BCUT2D eigenvalue weighted by molar-refractivity contribution is 5.63. The number of aromatic nitrogens is 2. The summed E-state index contributed by atoms with van der Waals surface area (Å²) in [7, 11) is 0. The summed E-state index contributed by atoms with van der Waals surface area (Å²) in [5.74, 6) is 2.57. The molecule has 0 bridgehead atoms. The van der Waals surface area contributed by atoms with Gasteiger partial charge in [0.1, 0.15) is 11.5 Å². The van der Waals surface area contributed by atoms with E-state index in [1.165, 1.54) is 0 Å². The summed E-state index contributed by atoms with van der Waals surface area (Å²) < 4.78 is 11.4. The molecular weight excluding hydrogens is 350 g/mol. The molecule has 4 aromatic rings. The fraction of sp³-hybridized carbons (Fsp3) is 0.130. The highest BCUT2D eigenvalue weighted by Gasteiger charge is 2.18. The first-order chi connectivity index (χ1) is 13.6. The predicted octanol–water partition coefficient (Wildman–Crippen LogP) is 5.57. The first-order valence-corrected chi connectivity index (χ1v) is 9.13. The second-order valence-corrected chi connectivity index (χ2v) is 6.74. The van der Waals surface area contributed by atoms with E-state index in [9.17, 15) is 0 Å². The molecule has 0 fully saturated rings. The van der Waals surface area contributed by atoms with Crippen molar-refractivity contribution in [3.8, 4) is 22.9 Å². The fourth-order valence-electron chi connectivity index (χ4n) is 2.92. The van der Waals surface area contributed by atoms with Gasteiger partial charge in [0.05, 0.1) is 5.92 Å². The lowest BCUT2D eigenvalue weighted by Crippen LogP contribution is -1.97. The SMILES string of the molecule is Cc1ccc(-c2noc(C(C)c3cccc(Oc4ccccc4)c3)n2)cc1N. The molecule has 1 aromatic heterocycles. The summed E-state index contributed by atoms with van der Waals surface area (Å²) in [6, 6.07) is 23.4. The molecule has 0 radical (unpaired) electrons. The molecule has 0 saturated heterocycles. The van der Waals surface area contributed by atoms with Crippen LogP contribution in [-0.4, -0.2) is 10.1 Å². The molecule has 0 aliphatic rings. The summed E-state index contributed by atoms with van der Waals surface area (Å²) in [5, 5.41) is 4.12. The number of para-hydroxylation sites is 1. The average Bonchev–Trinajstić information content (AvgIpc) is 3.21. The lowest BCUT2D eigenvalue weighted by atomic mass is 10.0. The second-order valence-electron chi connectivity index (χ2n) is 6.74. The Bertz CT molecular complexity index is 1090. The van der Waals surface area contributed by atoms with Crippen LogP contribution in [0.2, 0.25) is 0 Å². The van der Waals surface area contributed by atoms with Crippen LogP contribution in [-0.2, 0) is 0 Å². The lowest BCUT2D eigenvalue weighted by molar-refractivity contribution is 0.370. The Morgan fingerprint density at radius 3 is 2.50 bits per heavy atom. The van der Waals surface area contributed by atoms with Gasteiger partial charge in [-0.1, -0.05) is 47.6 Å². The third kappa shape index (κ3) is 3.74. The van der Waals surface area contributed by atoms with Gasteiger partial charge in [0.25, 0.3) is 0 Å². The fourth-order valence-corrected chi connectivity index (χ4v) is 2.92. The number of nitrogen functional groups attached to an aromatic ring is 1. The van der Waals surface area contributed by atoms with Crippen LogP contribution in [0.3, 0.4) is 0 Å². The Morgan fingerprint density at radius 1 is 0.929 bits per heavy atom. The number of benzene rings is 3. The molecule has 0 saturated carbocycles. The Morgan fingerprint density at radius 2 is 1.71 bits per heavy atom. The van der Waals surface area contributed by atoms with E-state index in [0.717, 1.165) is 28.2 Å². The topological polar surface area (TPSA) is 74.2 Å². The predicted molar refractivity (Wildman–Crippen MR) is 109 cm³/mol. The average molecular weight is 371 g/mol. The number of aryl methyl sites for hydroxylation is 1. The highest BCUT2D eigenvalue weighted by Crippen LogP contribution is 2.30. The van der Waals surface area contributed by atoms with Crippen molar-refractivity contribution in [2.45, 2.75) is 19.8 Å². The third-order valence-corrected chi connectivity index (χ3v) is 4.69. The van der Waals surface area contributed by atoms with Crippen molar-refractivity contribution in [1.82, 2.24) is 10.1 Å². The molecule has 4 rings (SSSR count). The molecule has 3 aromatic carbocycles. The highest BCUT2D eigenvalue weighted by atomic mass is 16.5. The Kier molecular flexibility index (Phi) is 4.81. The van der Waals surface area contributed by atoms with E-state index < -0.39 is 0 Å². The van der Waals surface area contributed by atoms with Crippen LogP contribution in [0.1, 0.15) is 29.9 Å². The number of nitrogens with two attached hydrogens (primary N) is 1. The molecule has 5 heteroatoms. The molecule has 0 aliphatic heterocycles. The van der Waals surface area contributed by atoms with Crippen LogP contribution in [0.15, 0.2) is 77.3 Å². The van der Waals surface area contributed by atoms with Gasteiger partial charge in [0, 0.05) is 11.3 Å². The van der Waals surface area contributed by atoms with Gasteiger partial charge in [-0.05, 0) is 55.3 Å². The smallest absolute Gasteiger partial charge is 0.234 e. The van der Waals surface area contributed by atoms with Crippen LogP contribution < -0.4 is 10.5 Å². The Labute approximate surface area is 163 Å². The van der Waals surface area contributed by atoms with Crippen LogP contribution in [0.5, 0.6) is 11.5 Å². The molecule has 1 atom stereocenters. The molecule has 28 heavy (non-hydrogen) atoms. The minimum Gasteiger partial charge on any atom is -0.457 e. The number of nitrogens with zero attached hydrogens (tertiary/aromatic N) is 2. The Hall–Kier alpha value is -3.60. The van der Waals surface area contributed by atoms with E-state index >= 15 is 0 Å².